The van der Waals surface area contributed by atoms with Crippen molar-refractivity contribution in [2.75, 3.05) is 13.1 Å². The van der Waals surface area contributed by atoms with Crippen LogP contribution in [0.4, 0.5) is 0 Å². The molecular weight excluding hydrogens is 266 g/mol. The van der Waals surface area contributed by atoms with Gasteiger partial charge in [0.15, 0.2) is 0 Å². The van der Waals surface area contributed by atoms with Crippen LogP contribution >= 0.6 is 11.3 Å². The first-order chi connectivity index (χ1) is 9.49. The fraction of sp³-hybridized carbons (Fsp3) is 0.812. The molecule has 1 rings (SSSR count). The summed E-state index contributed by atoms with van der Waals surface area (Å²) < 4.78 is 0. The maximum atomic E-state index is 5.74. The molecule has 20 heavy (non-hydrogen) atoms. The molecule has 0 bridgehead atoms. The summed E-state index contributed by atoms with van der Waals surface area (Å²) >= 11 is 1.74. The first-order valence-corrected chi connectivity index (χ1v) is 8.69. The van der Waals surface area contributed by atoms with Gasteiger partial charge in [0.1, 0.15) is 5.01 Å². The minimum absolute atomic E-state index is 0.360. The van der Waals surface area contributed by atoms with E-state index in [4.69, 9.17) is 5.73 Å². The van der Waals surface area contributed by atoms with Crippen molar-refractivity contribution in [3.8, 4) is 0 Å². The number of rotatable bonds is 9. The molecule has 0 fully saturated rings. The molecule has 1 heterocycles. The average molecular weight is 298 g/mol. The monoisotopic (exact) mass is 297 g/mol. The third-order valence-electron chi connectivity index (χ3n) is 4.02. The lowest BCUT2D eigenvalue weighted by Crippen LogP contribution is -2.26. The van der Waals surface area contributed by atoms with Gasteiger partial charge in [0, 0.05) is 11.6 Å². The number of hydrogen-bond acceptors (Lipinski definition) is 4. The highest BCUT2D eigenvalue weighted by Gasteiger charge is 2.23. The topological polar surface area (TPSA) is 50.9 Å². The molecule has 0 saturated carbocycles. The van der Waals surface area contributed by atoms with Crippen LogP contribution in [0, 0.1) is 11.3 Å². The van der Waals surface area contributed by atoms with Gasteiger partial charge in [0.05, 0.1) is 6.04 Å². The van der Waals surface area contributed by atoms with Crippen molar-refractivity contribution in [3.63, 3.8) is 0 Å². The second-order valence-electron chi connectivity index (χ2n) is 6.57. The average Bonchev–Trinajstić information content (AvgIpc) is 2.90. The van der Waals surface area contributed by atoms with Gasteiger partial charge in [-0.3, -0.25) is 0 Å². The smallest absolute Gasteiger partial charge is 0.109 e. The zero-order valence-electron chi connectivity index (χ0n) is 13.5. The third-order valence-corrected chi connectivity index (χ3v) is 4.91. The minimum Gasteiger partial charge on any atom is -0.330 e. The van der Waals surface area contributed by atoms with Crippen LogP contribution in [-0.2, 0) is 0 Å². The van der Waals surface area contributed by atoms with E-state index in [9.17, 15) is 0 Å². The number of nitrogens with zero attached hydrogens (tertiary/aromatic N) is 1. The van der Waals surface area contributed by atoms with Gasteiger partial charge in [0.25, 0.3) is 0 Å². The summed E-state index contributed by atoms with van der Waals surface area (Å²) in [5, 5.41) is 6.90. The molecule has 4 heteroatoms. The van der Waals surface area contributed by atoms with Crippen LogP contribution in [0.2, 0.25) is 0 Å². The molecule has 0 saturated heterocycles. The molecule has 0 aliphatic rings. The van der Waals surface area contributed by atoms with Crippen molar-refractivity contribution in [2.45, 2.75) is 59.4 Å². The third kappa shape index (κ3) is 5.90. The summed E-state index contributed by atoms with van der Waals surface area (Å²) in [6.45, 7) is 11.0. The fourth-order valence-electron chi connectivity index (χ4n) is 2.65. The van der Waals surface area contributed by atoms with Crippen LogP contribution < -0.4 is 11.1 Å². The van der Waals surface area contributed by atoms with Gasteiger partial charge in [-0.15, -0.1) is 11.3 Å². The molecule has 2 unspecified atom stereocenters. The lowest BCUT2D eigenvalue weighted by Gasteiger charge is -2.30. The Morgan fingerprint density at radius 1 is 1.35 bits per heavy atom. The van der Waals surface area contributed by atoms with E-state index in [0.717, 1.165) is 25.9 Å². The fourth-order valence-corrected chi connectivity index (χ4v) is 3.45. The summed E-state index contributed by atoms with van der Waals surface area (Å²) in [5.41, 5.74) is 6.10. The van der Waals surface area contributed by atoms with Gasteiger partial charge in [-0.1, -0.05) is 27.7 Å². The highest BCUT2D eigenvalue weighted by Crippen LogP contribution is 2.32. The lowest BCUT2D eigenvalue weighted by atomic mass is 9.76. The number of thiazole rings is 1. The Morgan fingerprint density at radius 3 is 2.60 bits per heavy atom. The molecular formula is C16H31N3S. The van der Waals surface area contributed by atoms with Crippen molar-refractivity contribution in [1.82, 2.24) is 10.3 Å². The Kier molecular flexibility index (Phi) is 7.70. The van der Waals surface area contributed by atoms with Crippen molar-refractivity contribution in [1.29, 1.82) is 0 Å². The molecule has 0 radical (unpaired) electrons. The number of aromatic nitrogens is 1. The van der Waals surface area contributed by atoms with E-state index in [1.54, 1.807) is 11.3 Å². The Bertz CT molecular complexity index is 343. The number of nitrogens with one attached hydrogen (secondary N) is 1. The van der Waals surface area contributed by atoms with Gasteiger partial charge >= 0.3 is 0 Å². The zero-order chi connectivity index (χ0) is 15.0. The maximum absolute atomic E-state index is 5.74. The molecule has 0 aliphatic heterocycles. The number of hydrogen-bond donors (Lipinski definition) is 2. The van der Waals surface area contributed by atoms with Gasteiger partial charge in [-0.2, -0.15) is 0 Å². The molecule has 0 amide bonds. The summed E-state index contributed by atoms with van der Waals surface area (Å²) in [5.74, 6) is 0.717. The van der Waals surface area contributed by atoms with Crippen LogP contribution in [0.3, 0.4) is 0 Å². The SMILES string of the molecule is CCC(NCCCC(CCN)C(C)(C)C)c1nccs1. The highest BCUT2D eigenvalue weighted by molar-refractivity contribution is 7.09. The molecule has 0 aromatic carbocycles. The second-order valence-corrected chi connectivity index (χ2v) is 7.49. The van der Waals surface area contributed by atoms with E-state index in [-0.39, 0.29) is 0 Å². The van der Waals surface area contributed by atoms with Crippen molar-refractivity contribution in [3.05, 3.63) is 16.6 Å². The van der Waals surface area contributed by atoms with Crippen LogP contribution in [-0.4, -0.2) is 18.1 Å². The van der Waals surface area contributed by atoms with E-state index in [1.807, 2.05) is 6.20 Å². The van der Waals surface area contributed by atoms with Crippen LogP contribution in [0.5, 0.6) is 0 Å². The molecule has 3 nitrogen and oxygen atoms in total. The minimum atomic E-state index is 0.360. The quantitative estimate of drug-likeness (QED) is 0.678. The zero-order valence-corrected chi connectivity index (χ0v) is 14.3. The molecule has 2 atom stereocenters. The Balaban J connectivity index is 2.32. The van der Waals surface area contributed by atoms with Gasteiger partial charge < -0.3 is 11.1 Å². The summed E-state index contributed by atoms with van der Waals surface area (Å²) in [6.07, 6.45) is 6.58. The first-order valence-electron chi connectivity index (χ1n) is 7.81. The predicted octanol–water partition coefficient (Wildman–Crippen LogP) is 3.98. The van der Waals surface area contributed by atoms with Crippen LogP contribution in [0.15, 0.2) is 11.6 Å². The van der Waals surface area contributed by atoms with E-state index >= 15 is 0 Å². The van der Waals surface area contributed by atoms with Crippen molar-refractivity contribution >= 4 is 11.3 Å². The Labute approximate surface area is 128 Å². The molecule has 1 aromatic rings. The molecule has 0 spiro atoms. The normalized spacial score (nSPS) is 15.2. The van der Waals surface area contributed by atoms with Gasteiger partial charge in [0.2, 0.25) is 0 Å². The van der Waals surface area contributed by atoms with Crippen molar-refractivity contribution in [2.24, 2.45) is 17.1 Å². The van der Waals surface area contributed by atoms with E-state index in [2.05, 4.69) is 43.4 Å². The predicted molar refractivity (Wildman–Crippen MR) is 89.0 cm³/mol. The summed E-state index contributed by atoms with van der Waals surface area (Å²) in [4.78, 5) is 4.41. The standard InChI is InChI=1S/C16H31N3S/c1-5-14(15-19-11-12-20-15)18-10-6-7-13(8-9-17)16(2,3)4/h11-14,18H,5-10,17H2,1-4H3. The molecule has 1 aromatic heterocycles. The second kappa shape index (κ2) is 8.75. The Morgan fingerprint density at radius 2 is 2.10 bits per heavy atom. The molecule has 116 valence electrons. The molecule has 3 N–H and O–H groups in total. The highest BCUT2D eigenvalue weighted by atomic mass is 32.1. The maximum Gasteiger partial charge on any atom is 0.109 e. The molecule has 0 aliphatic carbocycles. The van der Waals surface area contributed by atoms with E-state index in [0.29, 0.717) is 17.4 Å². The Hall–Kier alpha value is -0.450. The van der Waals surface area contributed by atoms with Crippen molar-refractivity contribution < 1.29 is 0 Å². The first kappa shape index (κ1) is 17.6. The van der Waals surface area contributed by atoms with E-state index in [1.165, 1.54) is 17.8 Å². The summed E-state index contributed by atoms with van der Waals surface area (Å²) in [7, 11) is 0. The van der Waals surface area contributed by atoms with E-state index < -0.39 is 0 Å². The number of nitrogens with two attached hydrogens (primary N) is 1. The largest absolute Gasteiger partial charge is 0.330 e. The van der Waals surface area contributed by atoms with Crippen LogP contribution in [0.25, 0.3) is 0 Å². The van der Waals surface area contributed by atoms with Crippen LogP contribution in [0.1, 0.15) is 64.4 Å². The lowest BCUT2D eigenvalue weighted by molar-refractivity contribution is 0.209. The van der Waals surface area contributed by atoms with Gasteiger partial charge in [-0.05, 0) is 50.1 Å². The summed E-state index contributed by atoms with van der Waals surface area (Å²) in [6, 6.07) is 0.414. The van der Waals surface area contributed by atoms with Gasteiger partial charge in [-0.25, -0.2) is 4.98 Å².